The van der Waals surface area contributed by atoms with Crippen LogP contribution in [0.25, 0.3) is 0 Å². The van der Waals surface area contributed by atoms with Crippen LogP contribution in [-0.2, 0) is 6.42 Å². The molecule has 2 aromatic carbocycles. The van der Waals surface area contributed by atoms with Crippen LogP contribution in [0.3, 0.4) is 0 Å². The van der Waals surface area contributed by atoms with Crippen molar-refractivity contribution >= 4 is 17.4 Å². The molecule has 0 radical (unpaired) electrons. The van der Waals surface area contributed by atoms with Crippen LogP contribution in [0.1, 0.15) is 29.5 Å². The zero-order valence-electron chi connectivity index (χ0n) is 12.1. The van der Waals surface area contributed by atoms with Gasteiger partial charge >= 0.3 is 0 Å². The second-order valence-corrected chi connectivity index (χ2v) is 6.51. The minimum Gasteiger partial charge on any atom is -0.383 e. The second-order valence-electron chi connectivity index (χ2n) is 5.20. The molecule has 0 heterocycles. The lowest BCUT2D eigenvalue weighted by Crippen LogP contribution is -2.24. The SMILES string of the molecule is CCSc1cccc(NCC2Cc3ccccc32)c1C#N. The number of fused-ring (bicyclic) bond motifs is 1. The van der Waals surface area contributed by atoms with Gasteiger partial charge in [0.1, 0.15) is 6.07 Å². The predicted molar refractivity (Wildman–Crippen MR) is 88.9 cm³/mol. The van der Waals surface area contributed by atoms with Gasteiger partial charge in [-0.1, -0.05) is 37.3 Å². The second kappa shape index (κ2) is 6.24. The summed E-state index contributed by atoms with van der Waals surface area (Å²) in [5.41, 5.74) is 4.64. The number of benzene rings is 2. The average Bonchev–Trinajstić information content (AvgIpc) is 2.49. The Morgan fingerprint density at radius 1 is 1.24 bits per heavy atom. The number of nitriles is 1. The van der Waals surface area contributed by atoms with E-state index in [1.54, 1.807) is 11.8 Å². The molecule has 0 aromatic heterocycles. The highest BCUT2D eigenvalue weighted by Crippen LogP contribution is 2.35. The highest BCUT2D eigenvalue weighted by atomic mass is 32.2. The van der Waals surface area contributed by atoms with Crippen LogP contribution in [-0.4, -0.2) is 12.3 Å². The van der Waals surface area contributed by atoms with Gasteiger partial charge in [0.15, 0.2) is 0 Å². The zero-order valence-corrected chi connectivity index (χ0v) is 12.9. The molecule has 0 amide bonds. The quantitative estimate of drug-likeness (QED) is 0.829. The van der Waals surface area contributed by atoms with Gasteiger partial charge in [-0.15, -0.1) is 11.8 Å². The number of hydrogen-bond acceptors (Lipinski definition) is 3. The van der Waals surface area contributed by atoms with E-state index in [1.807, 2.05) is 18.2 Å². The monoisotopic (exact) mass is 294 g/mol. The molecule has 0 bridgehead atoms. The summed E-state index contributed by atoms with van der Waals surface area (Å²) in [6.07, 6.45) is 1.13. The van der Waals surface area contributed by atoms with E-state index in [0.29, 0.717) is 5.92 Å². The van der Waals surface area contributed by atoms with Gasteiger partial charge in [0.05, 0.1) is 11.3 Å². The molecule has 1 unspecified atom stereocenters. The van der Waals surface area contributed by atoms with Crippen molar-refractivity contribution in [2.45, 2.75) is 24.2 Å². The van der Waals surface area contributed by atoms with Crippen molar-refractivity contribution in [2.75, 3.05) is 17.6 Å². The number of nitrogens with zero attached hydrogens (tertiary/aromatic N) is 1. The number of hydrogen-bond donors (Lipinski definition) is 1. The van der Waals surface area contributed by atoms with Gasteiger partial charge in [-0.3, -0.25) is 0 Å². The van der Waals surface area contributed by atoms with Crippen molar-refractivity contribution in [1.82, 2.24) is 0 Å². The maximum Gasteiger partial charge on any atom is 0.102 e. The Morgan fingerprint density at radius 3 is 2.86 bits per heavy atom. The maximum absolute atomic E-state index is 9.42. The third kappa shape index (κ3) is 2.77. The fourth-order valence-electron chi connectivity index (χ4n) is 2.85. The number of rotatable bonds is 5. The lowest BCUT2D eigenvalue weighted by atomic mass is 9.77. The minimum absolute atomic E-state index is 0.565. The van der Waals surface area contributed by atoms with Gasteiger partial charge in [-0.2, -0.15) is 5.26 Å². The third-order valence-electron chi connectivity index (χ3n) is 3.94. The molecule has 2 aromatic rings. The van der Waals surface area contributed by atoms with Gasteiger partial charge in [0.25, 0.3) is 0 Å². The number of nitrogens with one attached hydrogen (secondary N) is 1. The topological polar surface area (TPSA) is 35.8 Å². The number of thioether (sulfide) groups is 1. The summed E-state index contributed by atoms with van der Waals surface area (Å²) in [6, 6.07) is 17.0. The first-order valence-electron chi connectivity index (χ1n) is 7.31. The number of anilines is 1. The van der Waals surface area contributed by atoms with E-state index in [2.05, 4.69) is 42.6 Å². The highest BCUT2D eigenvalue weighted by molar-refractivity contribution is 7.99. The van der Waals surface area contributed by atoms with E-state index >= 15 is 0 Å². The van der Waals surface area contributed by atoms with E-state index in [0.717, 1.165) is 34.9 Å². The molecule has 2 nitrogen and oxygen atoms in total. The Hall–Kier alpha value is -1.92. The molecule has 3 heteroatoms. The minimum atomic E-state index is 0.565. The Morgan fingerprint density at radius 2 is 2.10 bits per heavy atom. The molecule has 1 aliphatic carbocycles. The lowest BCUT2D eigenvalue weighted by molar-refractivity contribution is 0.635. The van der Waals surface area contributed by atoms with Crippen molar-refractivity contribution in [3.8, 4) is 6.07 Å². The Labute approximate surface area is 130 Å². The van der Waals surface area contributed by atoms with Crippen LogP contribution in [0, 0.1) is 11.3 Å². The molecule has 0 fully saturated rings. The summed E-state index contributed by atoms with van der Waals surface area (Å²) >= 11 is 1.72. The largest absolute Gasteiger partial charge is 0.383 e. The standard InChI is InChI=1S/C18H18N2S/c1-2-21-18-9-5-8-17(16(18)11-19)20-12-14-10-13-6-3-4-7-15(13)14/h3-9,14,20H,2,10,12H2,1H3. The summed E-state index contributed by atoms with van der Waals surface area (Å²) in [5.74, 6) is 1.55. The van der Waals surface area contributed by atoms with E-state index in [9.17, 15) is 5.26 Å². The van der Waals surface area contributed by atoms with Crippen LogP contribution in [0.15, 0.2) is 47.4 Å². The zero-order chi connectivity index (χ0) is 14.7. The van der Waals surface area contributed by atoms with Crippen LogP contribution in [0.2, 0.25) is 0 Å². The van der Waals surface area contributed by atoms with Crippen LogP contribution in [0.4, 0.5) is 5.69 Å². The predicted octanol–water partition coefficient (Wildman–Crippen LogP) is 4.42. The van der Waals surface area contributed by atoms with Gasteiger partial charge in [-0.25, -0.2) is 0 Å². The van der Waals surface area contributed by atoms with E-state index < -0.39 is 0 Å². The molecule has 0 spiro atoms. The summed E-state index contributed by atoms with van der Waals surface area (Å²) in [5, 5.41) is 12.9. The summed E-state index contributed by atoms with van der Waals surface area (Å²) in [6.45, 7) is 3.00. The molecule has 21 heavy (non-hydrogen) atoms. The van der Waals surface area contributed by atoms with Gasteiger partial charge < -0.3 is 5.32 Å². The smallest absolute Gasteiger partial charge is 0.102 e. The first-order chi connectivity index (χ1) is 10.3. The van der Waals surface area contributed by atoms with Crippen LogP contribution >= 0.6 is 11.8 Å². The first-order valence-corrected chi connectivity index (χ1v) is 8.29. The molecular weight excluding hydrogens is 276 g/mol. The normalized spacial score (nSPS) is 15.7. The molecule has 3 rings (SSSR count). The maximum atomic E-state index is 9.42. The summed E-state index contributed by atoms with van der Waals surface area (Å²) < 4.78 is 0. The first kappa shape index (κ1) is 14.0. The van der Waals surface area contributed by atoms with Gasteiger partial charge in [0.2, 0.25) is 0 Å². The summed E-state index contributed by atoms with van der Waals surface area (Å²) in [7, 11) is 0. The molecule has 1 N–H and O–H groups in total. The molecule has 1 atom stereocenters. The molecule has 0 aliphatic heterocycles. The van der Waals surface area contributed by atoms with Gasteiger partial charge in [0, 0.05) is 17.4 Å². The third-order valence-corrected chi connectivity index (χ3v) is 4.88. The lowest BCUT2D eigenvalue weighted by Gasteiger charge is -2.30. The fraction of sp³-hybridized carbons (Fsp3) is 0.278. The van der Waals surface area contributed by atoms with E-state index in [1.165, 1.54) is 11.1 Å². The highest BCUT2D eigenvalue weighted by Gasteiger charge is 2.25. The van der Waals surface area contributed by atoms with Crippen molar-refractivity contribution in [2.24, 2.45) is 0 Å². The van der Waals surface area contributed by atoms with E-state index in [4.69, 9.17) is 0 Å². The Balaban J connectivity index is 1.72. The average molecular weight is 294 g/mol. The van der Waals surface area contributed by atoms with Crippen molar-refractivity contribution < 1.29 is 0 Å². The Bertz CT molecular complexity index is 688. The van der Waals surface area contributed by atoms with Crippen molar-refractivity contribution in [1.29, 1.82) is 5.26 Å². The van der Waals surface area contributed by atoms with E-state index in [-0.39, 0.29) is 0 Å². The molecular formula is C18H18N2S. The van der Waals surface area contributed by atoms with Crippen LogP contribution < -0.4 is 5.32 Å². The molecule has 106 valence electrons. The molecule has 0 saturated heterocycles. The molecule has 1 aliphatic rings. The van der Waals surface area contributed by atoms with Gasteiger partial charge in [-0.05, 0) is 35.4 Å². The van der Waals surface area contributed by atoms with Crippen LogP contribution in [0.5, 0.6) is 0 Å². The summed E-state index contributed by atoms with van der Waals surface area (Å²) in [4.78, 5) is 1.07. The Kier molecular flexibility index (Phi) is 4.17. The molecule has 0 saturated carbocycles. The van der Waals surface area contributed by atoms with Crippen molar-refractivity contribution in [3.05, 3.63) is 59.2 Å². The van der Waals surface area contributed by atoms with Crippen molar-refractivity contribution in [3.63, 3.8) is 0 Å². The fourth-order valence-corrected chi connectivity index (χ4v) is 3.63.